The van der Waals surface area contributed by atoms with Gasteiger partial charge in [0, 0.05) is 23.7 Å². The summed E-state index contributed by atoms with van der Waals surface area (Å²) in [6.07, 6.45) is 1.76. The first-order valence-electron chi connectivity index (χ1n) is 7.37. The van der Waals surface area contributed by atoms with Crippen molar-refractivity contribution in [2.45, 2.75) is 0 Å². The molecule has 4 heteroatoms. The average Bonchev–Trinajstić information content (AvgIpc) is 2.93. The molecule has 0 bridgehead atoms. The molecule has 3 aromatic rings. The molecule has 0 spiro atoms. The number of benzene rings is 2. The van der Waals surface area contributed by atoms with Crippen LogP contribution in [0, 0.1) is 0 Å². The summed E-state index contributed by atoms with van der Waals surface area (Å²) < 4.78 is 7.84. The van der Waals surface area contributed by atoms with Crippen molar-refractivity contribution >= 4 is 11.6 Å². The van der Waals surface area contributed by atoms with Gasteiger partial charge in [0.05, 0.1) is 0 Å². The lowest BCUT2D eigenvalue weighted by atomic mass is 10.1. The molecule has 0 N–H and O–H groups in total. The van der Waals surface area contributed by atoms with Crippen molar-refractivity contribution < 1.29 is 4.74 Å². The molecule has 0 aliphatic heterocycles. The number of halogens is 1. The van der Waals surface area contributed by atoms with Gasteiger partial charge in [0.1, 0.15) is 18.0 Å². The number of hydrogen-bond acceptors (Lipinski definition) is 2. The van der Waals surface area contributed by atoms with Crippen LogP contribution in [0.1, 0.15) is 0 Å². The highest BCUT2D eigenvalue weighted by molar-refractivity contribution is 6.25. The lowest BCUT2D eigenvalue weighted by Gasteiger charge is -2.08. The number of aryl methyl sites for hydroxylation is 1. The average molecular weight is 325 g/mol. The van der Waals surface area contributed by atoms with Crippen LogP contribution < -0.4 is 4.74 Å². The fourth-order valence-electron chi connectivity index (χ4n) is 2.51. The van der Waals surface area contributed by atoms with Gasteiger partial charge in [-0.25, -0.2) is 0 Å². The van der Waals surface area contributed by atoms with Crippen molar-refractivity contribution in [1.82, 2.24) is 9.78 Å². The summed E-state index contributed by atoms with van der Waals surface area (Å²) in [6, 6.07) is 20.1. The van der Waals surface area contributed by atoms with E-state index in [9.17, 15) is 0 Å². The maximum atomic E-state index is 5.98. The molecule has 0 unspecified atom stereocenters. The largest absolute Gasteiger partial charge is 0.485 e. The molecule has 0 saturated heterocycles. The molecule has 1 aromatic heterocycles. The number of rotatable bonds is 5. The Morgan fingerprint density at radius 3 is 2.22 bits per heavy atom. The van der Waals surface area contributed by atoms with Gasteiger partial charge in [0.25, 0.3) is 0 Å². The van der Waals surface area contributed by atoms with Gasteiger partial charge in [-0.2, -0.15) is 5.10 Å². The van der Waals surface area contributed by atoms with Crippen molar-refractivity contribution in [1.29, 1.82) is 0 Å². The van der Waals surface area contributed by atoms with Crippen LogP contribution in [0.3, 0.4) is 0 Å². The monoisotopic (exact) mass is 324 g/mol. The first-order chi connectivity index (χ1) is 11.3. The highest BCUT2D eigenvalue weighted by Gasteiger charge is 2.20. The zero-order valence-electron chi connectivity index (χ0n) is 12.8. The van der Waals surface area contributed by atoms with Crippen LogP contribution in [0.2, 0.25) is 0 Å². The van der Waals surface area contributed by atoms with Crippen LogP contribution >= 0.6 is 11.6 Å². The molecule has 0 amide bonds. The van der Waals surface area contributed by atoms with Gasteiger partial charge in [0.15, 0.2) is 5.75 Å². The molecule has 0 aliphatic rings. The van der Waals surface area contributed by atoms with Crippen LogP contribution in [-0.2, 0) is 7.05 Å². The Morgan fingerprint density at radius 2 is 1.61 bits per heavy atom. The van der Waals surface area contributed by atoms with E-state index in [1.165, 1.54) is 5.54 Å². The van der Waals surface area contributed by atoms with Gasteiger partial charge in [-0.15, -0.1) is 0 Å². The van der Waals surface area contributed by atoms with Crippen LogP contribution in [-0.4, -0.2) is 16.4 Å². The summed E-state index contributed by atoms with van der Waals surface area (Å²) in [7, 11) is 1.93. The molecule has 23 heavy (non-hydrogen) atoms. The Bertz CT molecular complexity index is 795. The van der Waals surface area contributed by atoms with Gasteiger partial charge in [-0.3, -0.25) is 4.68 Å². The zero-order chi connectivity index (χ0) is 16.1. The summed E-state index contributed by atoms with van der Waals surface area (Å²) in [6.45, 7) is 0.398. The van der Waals surface area contributed by atoms with Gasteiger partial charge >= 0.3 is 0 Å². The fraction of sp³-hybridized carbons (Fsp3) is 0.105. The molecular formula is C19H17ClN2O. The van der Waals surface area contributed by atoms with Crippen molar-refractivity contribution in [3.05, 3.63) is 72.3 Å². The number of ether oxygens (including phenoxy) is 1. The Kier molecular flexibility index (Phi) is 4.79. The van der Waals surface area contributed by atoms with Crippen molar-refractivity contribution in [3.8, 4) is 28.3 Å². The standard InChI is InChI=1S/C19H17ClN2O/c1-22-18(16-11-6-3-7-12-16)19(23-14-8-13-20)17(21-22)15-9-4-2-5-10-15/h2-13H,14H2,1H3. The van der Waals surface area contributed by atoms with Gasteiger partial charge < -0.3 is 4.74 Å². The number of hydrogen-bond donors (Lipinski definition) is 0. The number of nitrogens with zero attached hydrogens (tertiary/aromatic N) is 2. The minimum absolute atomic E-state index is 0.398. The van der Waals surface area contributed by atoms with Crippen LogP contribution in [0.5, 0.6) is 5.75 Å². The molecule has 0 fully saturated rings. The summed E-state index contributed by atoms with van der Waals surface area (Å²) in [5, 5.41) is 4.67. The topological polar surface area (TPSA) is 27.1 Å². The van der Waals surface area contributed by atoms with E-state index in [2.05, 4.69) is 17.2 Å². The Hall–Kier alpha value is -2.52. The lowest BCUT2D eigenvalue weighted by molar-refractivity contribution is 0.365. The predicted octanol–water partition coefficient (Wildman–Crippen LogP) is 4.89. The lowest BCUT2D eigenvalue weighted by Crippen LogP contribution is -1.97. The van der Waals surface area contributed by atoms with Crippen molar-refractivity contribution in [2.24, 2.45) is 7.05 Å². The molecule has 0 radical (unpaired) electrons. The Morgan fingerprint density at radius 1 is 1.00 bits per heavy atom. The molecule has 0 saturated carbocycles. The zero-order valence-corrected chi connectivity index (χ0v) is 13.6. The summed E-state index contributed by atoms with van der Waals surface area (Å²) in [4.78, 5) is 0. The van der Waals surface area contributed by atoms with Gasteiger partial charge in [0.2, 0.25) is 0 Å². The van der Waals surface area contributed by atoms with Crippen LogP contribution in [0.15, 0.2) is 72.3 Å². The molecule has 0 atom stereocenters. The highest BCUT2D eigenvalue weighted by Crippen LogP contribution is 2.38. The SMILES string of the molecule is Cn1nc(-c2ccccc2)c(OCC=CCl)c1-c1ccccc1. The van der Waals surface area contributed by atoms with E-state index in [4.69, 9.17) is 16.3 Å². The maximum absolute atomic E-state index is 5.98. The smallest absolute Gasteiger partial charge is 0.173 e. The molecule has 2 aromatic carbocycles. The third-order valence-corrected chi connectivity index (χ3v) is 3.69. The van der Waals surface area contributed by atoms with Crippen LogP contribution in [0.4, 0.5) is 0 Å². The fourth-order valence-corrected chi connectivity index (χ4v) is 2.58. The molecule has 1 heterocycles. The molecular weight excluding hydrogens is 308 g/mol. The van der Waals surface area contributed by atoms with Crippen molar-refractivity contribution in [2.75, 3.05) is 6.61 Å². The minimum atomic E-state index is 0.398. The van der Waals surface area contributed by atoms with E-state index in [1.807, 2.05) is 60.3 Å². The molecule has 3 nitrogen and oxygen atoms in total. The summed E-state index contributed by atoms with van der Waals surface area (Å²) in [5.41, 5.74) is 5.33. The van der Waals surface area contributed by atoms with E-state index < -0.39 is 0 Å². The van der Waals surface area contributed by atoms with Crippen LogP contribution in [0.25, 0.3) is 22.5 Å². The Labute approximate surface area is 140 Å². The molecule has 116 valence electrons. The Balaban J connectivity index is 2.13. The predicted molar refractivity (Wildman–Crippen MR) is 94.6 cm³/mol. The van der Waals surface area contributed by atoms with Crippen molar-refractivity contribution in [3.63, 3.8) is 0 Å². The quantitative estimate of drug-likeness (QED) is 0.668. The molecule has 0 aliphatic carbocycles. The first kappa shape index (κ1) is 15.4. The van der Waals surface area contributed by atoms with E-state index >= 15 is 0 Å². The summed E-state index contributed by atoms with van der Waals surface area (Å²) in [5.74, 6) is 0.764. The van der Waals surface area contributed by atoms with E-state index in [1.54, 1.807) is 6.08 Å². The second-order valence-corrected chi connectivity index (χ2v) is 5.31. The third-order valence-electron chi connectivity index (χ3n) is 3.51. The van der Waals surface area contributed by atoms with E-state index in [0.29, 0.717) is 6.61 Å². The second kappa shape index (κ2) is 7.16. The maximum Gasteiger partial charge on any atom is 0.173 e. The van der Waals surface area contributed by atoms with Gasteiger partial charge in [-0.1, -0.05) is 72.3 Å². The number of aromatic nitrogens is 2. The summed E-state index contributed by atoms with van der Waals surface area (Å²) >= 11 is 5.61. The minimum Gasteiger partial charge on any atom is -0.485 e. The third kappa shape index (κ3) is 3.30. The molecule has 3 rings (SSSR count). The van der Waals surface area contributed by atoms with E-state index in [-0.39, 0.29) is 0 Å². The normalized spacial score (nSPS) is 11.0. The highest BCUT2D eigenvalue weighted by atomic mass is 35.5. The first-order valence-corrected chi connectivity index (χ1v) is 7.80. The van der Waals surface area contributed by atoms with Gasteiger partial charge in [-0.05, 0) is 6.08 Å². The van der Waals surface area contributed by atoms with E-state index in [0.717, 1.165) is 28.3 Å². The second-order valence-electron chi connectivity index (χ2n) is 5.05.